The maximum Gasteiger partial charge on any atom is 0.456 e. The van der Waals surface area contributed by atoms with Gasteiger partial charge in [0.15, 0.2) is 0 Å². The van der Waals surface area contributed by atoms with Gasteiger partial charge >= 0.3 is 5.51 Å². The van der Waals surface area contributed by atoms with E-state index < -0.39 is 16.2 Å². The third-order valence-corrected chi connectivity index (χ3v) is 2.83. The van der Waals surface area contributed by atoms with E-state index in [0.29, 0.717) is 5.56 Å². The van der Waals surface area contributed by atoms with Crippen molar-refractivity contribution in [2.75, 3.05) is 0 Å². The largest absolute Gasteiger partial charge is 0.456 e. The predicted molar refractivity (Wildman–Crippen MR) is 59.4 cm³/mol. The molecule has 1 aromatic rings. The first-order valence-electron chi connectivity index (χ1n) is 4.22. The van der Waals surface area contributed by atoms with Crippen LogP contribution < -0.4 is 0 Å². The van der Waals surface area contributed by atoms with E-state index in [1.165, 1.54) is 13.1 Å². The van der Waals surface area contributed by atoms with E-state index in [-0.39, 0.29) is 0 Å². The van der Waals surface area contributed by atoms with Crippen LogP contribution in [0, 0.1) is 0 Å². The van der Waals surface area contributed by atoms with Crippen LogP contribution in [-0.2, 0) is 0 Å². The van der Waals surface area contributed by atoms with Crippen molar-refractivity contribution in [2.24, 2.45) is 4.40 Å². The Morgan fingerprint density at radius 2 is 1.80 bits per heavy atom. The number of benzene rings is 1. The Hall–Kier alpha value is -1.10. The highest BCUT2D eigenvalue weighted by atomic mass is 32.2. The summed E-state index contributed by atoms with van der Waals surface area (Å²) in [6.07, 6.45) is 1.25. The first-order chi connectivity index (χ1) is 7.04. The Kier molecular flexibility index (Phi) is 4.08. The second kappa shape index (κ2) is 5.11. The van der Waals surface area contributed by atoms with Crippen molar-refractivity contribution in [1.29, 1.82) is 0 Å². The summed E-state index contributed by atoms with van der Waals surface area (Å²) in [6, 6.07) is 8.71. The molecule has 0 N–H and O–H groups in total. The zero-order chi connectivity index (χ0) is 11.3. The first-order valence-corrected chi connectivity index (χ1v) is 5.47. The molecule has 0 fully saturated rings. The molecule has 82 valence electrons. The predicted octanol–water partition coefficient (Wildman–Crippen LogP) is 3.63. The minimum Gasteiger partial charge on any atom is -0.223 e. The van der Waals surface area contributed by atoms with Crippen molar-refractivity contribution in [2.45, 2.75) is 12.4 Å². The van der Waals surface area contributed by atoms with Gasteiger partial charge in [0.2, 0.25) is 0 Å². The standard InChI is InChI=1S/C10H10F3NS/c1-2-15(10(11,12)13)14-8-9-6-4-3-5-7-9/h2-8H,1H3. The van der Waals surface area contributed by atoms with E-state index >= 15 is 0 Å². The number of alkyl halides is 3. The Morgan fingerprint density at radius 1 is 1.20 bits per heavy atom. The number of nitrogens with zero attached hydrogens (tertiary/aromatic N) is 1. The highest BCUT2D eigenvalue weighted by molar-refractivity contribution is 8.14. The Bertz CT molecular complexity index is 368. The molecule has 0 aliphatic rings. The van der Waals surface area contributed by atoms with Gasteiger partial charge < -0.3 is 0 Å². The van der Waals surface area contributed by atoms with E-state index in [9.17, 15) is 13.2 Å². The summed E-state index contributed by atoms with van der Waals surface area (Å²) < 4.78 is 40.4. The summed E-state index contributed by atoms with van der Waals surface area (Å²) in [6.45, 7) is 1.36. The topological polar surface area (TPSA) is 12.4 Å². The van der Waals surface area contributed by atoms with Crippen molar-refractivity contribution < 1.29 is 13.2 Å². The summed E-state index contributed by atoms with van der Waals surface area (Å²) in [5, 5.41) is 1.06. The van der Waals surface area contributed by atoms with Gasteiger partial charge in [0.05, 0.1) is 0 Å². The Morgan fingerprint density at radius 3 is 2.27 bits per heavy atom. The molecule has 0 saturated carbocycles. The Labute approximate surface area is 88.7 Å². The average Bonchev–Trinajstić information content (AvgIpc) is 2.18. The lowest BCUT2D eigenvalue weighted by molar-refractivity contribution is -0.0333. The second-order valence-corrected chi connectivity index (χ2v) is 4.42. The Balaban J connectivity index is 2.82. The lowest BCUT2D eigenvalue weighted by Gasteiger charge is -2.06. The molecular formula is C10H10F3NS. The fraction of sp³-hybridized carbons (Fsp3) is 0.200. The molecule has 1 atom stereocenters. The van der Waals surface area contributed by atoms with Crippen molar-refractivity contribution in [3.05, 3.63) is 35.9 Å². The van der Waals surface area contributed by atoms with Crippen LogP contribution in [0.4, 0.5) is 13.2 Å². The van der Waals surface area contributed by atoms with Gasteiger partial charge in [-0.25, -0.2) is 4.40 Å². The molecule has 0 aliphatic carbocycles. The molecule has 0 amide bonds. The minimum absolute atomic E-state index is 0.668. The molecule has 0 aromatic heterocycles. The van der Waals surface area contributed by atoms with Gasteiger partial charge in [-0.05, 0) is 17.9 Å². The van der Waals surface area contributed by atoms with E-state index in [1.54, 1.807) is 30.3 Å². The lowest BCUT2D eigenvalue weighted by atomic mass is 10.2. The SMILES string of the molecule is C/C=S(/N=Cc1ccccc1)C(F)(F)F. The van der Waals surface area contributed by atoms with Crippen LogP contribution in [0.5, 0.6) is 0 Å². The molecular weight excluding hydrogens is 223 g/mol. The number of hydrogen-bond acceptors (Lipinski definition) is 1. The zero-order valence-corrected chi connectivity index (χ0v) is 8.85. The fourth-order valence-electron chi connectivity index (χ4n) is 0.911. The van der Waals surface area contributed by atoms with Gasteiger partial charge in [0, 0.05) is 16.9 Å². The first kappa shape index (κ1) is 12.0. The average molecular weight is 233 g/mol. The third kappa shape index (κ3) is 3.87. The number of halogens is 3. The van der Waals surface area contributed by atoms with E-state index in [0.717, 1.165) is 5.37 Å². The quantitative estimate of drug-likeness (QED) is 0.546. The summed E-state index contributed by atoms with van der Waals surface area (Å²) >= 11 is 0. The van der Waals surface area contributed by atoms with Crippen LogP contribution in [0.1, 0.15) is 12.5 Å². The molecule has 0 saturated heterocycles. The van der Waals surface area contributed by atoms with E-state index in [4.69, 9.17) is 0 Å². The smallest absolute Gasteiger partial charge is 0.223 e. The van der Waals surface area contributed by atoms with Crippen LogP contribution in [0.3, 0.4) is 0 Å². The van der Waals surface area contributed by atoms with Crippen LogP contribution in [0.2, 0.25) is 0 Å². The zero-order valence-electron chi connectivity index (χ0n) is 8.03. The van der Waals surface area contributed by atoms with Crippen molar-refractivity contribution >= 4 is 22.3 Å². The summed E-state index contributed by atoms with van der Waals surface area (Å²) in [5.41, 5.74) is -3.61. The molecule has 1 aromatic carbocycles. The van der Waals surface area contributed by atoms with Gasteiger partial charge in [-0.2, -0.15) is 13.2 Å². The molecule has 0 aliphatic heterocycles. The minimum atomic E-state index is -4.28. The molecule has 1 unspecified atom stereocenters. The summed E-state index contributed by atoms with van der Waals surface area (Å²) in [4.78, 5) is 0. The summed E-state index contributed by atoms with van der Waals surface area (Å²) in [7, 11) is -2.00. The van der Waals surface area contributed by atoms with Gasteiger partial charge in [-0.3, -0.25) is 0 Å². The highest BCUT2D eigenvalue weighted by Gasteiger charge is 2.31. The van der Waals surface area contributed by atoms with Crippen LogP contribution in [0.15, 0.2) is 34.7 Å². The number of hydrogen-bond donors (Lipinski definition) is 0. The van der Waals surface area contributed by atoms with Gasteiger partial charge in [-0.1, -0.05) is 30.3 Å². The van der Waals surface area contributed by atoms with Crippen molar-refractivity contribution in [1.82, 2.24) is 0 Å². The van der Waals surface area contributed by atoms with Crippen molar-refractivity contribution in [3.63, 3.8) is 0 Å². The highest BCUT2D eigenvalue weighted by Crippen LogP contribution is 2.37. The van der Waals surface area contributed by atoms with Gasteiger partial charge in [0.25, 0.3) is 0 Å². The maximum absolute atomic E-state index is 12.3. The maximum atomic E-state index is 12.3. The van der Waals surface area contributed by atoms with Crippen LogP contribution in [-0.4, -0.2) is 17.1 Å². The molecule has 15 heavy (non-hydrogen) atoms. The molecule has 0 radical (unpaired) electrons. The normalized spacial score (nSPS) is 14.7. The molecule has 5 heteroatoms. The summed E-state index contributed by atoms with van der Waals surface area (Å²) in [5.74, 6) is 0. The fourth-order valence-corrected chi connectivity index (χ4v) is 1.65. The van der Waals surface area contributed by atoms with Gasteiger partial charge in [-0.15, -0.1) is 0 Å². The third-order valence-electron chi connectivity index (χ3n) is 1.58. The van der Waals surface area contributed by atoms with E-state index in [2.05, 4.69) is 4.40 Å². The molecule has 0 bridgehead atoms. The molecule has 0 spiro atoms. The monoisotopic (exact) mass is 233 g/mol. The molecule has 0 heterocycles. The molecule has 1 nitrogen and oxygen atoms in total. The molecule has 1 rings (SSSR count). The van der Waals surface area contributed by atoms with Crippen molar-refractivity contribution in [3.8, 4) is 0 Å². The lowest BCUT2D eigenvalue weighted by Crippen LogP contribution is -2.02. The van der Waals surface area contributed by atoms with Gasteiger partial charge in [0.1, 0.15) is 0 Å². The van der Waals surface area contributed by atoms with Crippen LogP contribution in [0.25, 0.3) is 0 Å². The number of rotatable bonds is 2. The van der Waals surface area contributed by atoms with Crippen LogP contribution >= 0.6 is 10.7 Å². The second-order valence-electron chi connectivity index (χ2n) is 2.64. The van der Waals surface area contributed by atoms with E-state index in [1.807, 2.05) is 0 Å².